The van der Waals surface area contributed by atoms with Gasteiger partial charge in [0.15, 0.2) is 0 Å². The molecule has 1 aromatic heterocycles. The third-order valence-corrected chi connectivity index (χ3v) is 0.434. The minimum absolute atomic E-state index is 0.356. The van der Waals surface area contributed by atoms with Gasteiger partial charge in [0, 0.05) is 0 Å². The summed E-state index contributed by atoms with van der Waals surface area (Å²) in [5.74, 6) is 0.356. The molecule has 4 nitrogen and oxygen atoms in total. The van der Waals surface area contributed by atoms with Crippen molar-refractivity contribution in [3.8, 4) is 0 Å². The molecule has 4 heteroatoms. The lowest BCUT2D eigenvalue weighted by atomic mass is 12.0. The summed E-state index contributed by atoms with van der Waals surface area (Å²) in [5.41, 5.74) is 5.05. The number of aromatic nitrogens is 3. The van der Waals surface area contributed by atoms with Gasteiger partial charge in [-0.05, 0) is 0 Å². The molecule has 0 saturated heterocycles. The quantitative estimate of drug-likeness (QED) is 0.445. The van der Waals surface area contributed by atoms with Crippen LogP contribution in [0.5, 0.6) is 0 Å². The molecule has 0 bridgehead atoms. The molecule has 6 heavy (non-hydrogen) atoms. The van der Waals surface area contributed by atoms with Gasteiger partial charge in [0.25, 0.3) is 0 Å². The Hall–Kier alpha value is -1.06. The van der Waals surface area contributed by atoms with Crippen LogP contribution in [0.15, 0.2) is 6.33 Å². The number of hydrogen-bond acceptors (Lipinski definition) is 3. The standard InChI is InChI=1S/C2H4N4/c3-2-4-1-5-6-2/h1H,(H3,3,4,5,6)/i1+1,2+1,4+1,5+1,6+1. The second kappa shape index (κ2) is 0.965. The first-order valence-corrected chi connectivity index (χ1v) is 1.50. The van der Waals surface area contributed by atoms with Crippen LogP contribution in [0.2, 0.25) is 0 Å². The second-order valence-electron chi connectivity index (χ2n) is 0.871. The van der Waals surface area contributed by atoms with E-state index < -0.39 is 0 Å². The van der Waals surface area contributed by atoms with Gasteiger partial charge in [-0.25, -0.2) is 10.1 Å². The fourth-order valence-corrected chi connectivity index (χ4v) is 0.215. The Morgan fingerprint density at radius 1 is 1.83 bits per heavy atom. The van der Waals surface area contributed by atoms with E-state index >= 15 is 0 Å². The molecular weight excluding hydrogens is 85.0 g/mol. The highest BCUT2D eigenvalue weighted by Gasteiger charge is 1.75. The average molecular weight is 89.0 g/mol. The molecule has 0 aliphatic heterocycles. The smallest absolute Gasteiger partial charge is 0.215 e. The van der Waals surface area contributed by atoms with E-state index in [2.05, 4.69) is 15.2 Å². The minimum Gasteiger partial charge on any atom is -0.368 e. The lowest BCUT2D eigenvalue weighted by molar-refractivity contribution is 1.10. The maximum Gasteiger partial charge on any atom is 0.215 e. The Kier molecular flexibility index (Phi) is 0.506. The normalized spacial score (nSPS) is 8.67. The summed E-state index contributed by atoms with van der Waals surface area (Å²) in [5, 5.41) is 5.88. The molecule has 1 rings (SSSR count). The Labute approximate surface area is 34.4 Å². The first-order chi connectivity index (χ1) is 2.89. The molecule has 0 unspecified atom stereocenters. The van der Waals surface area contributed by atoms with E-state index in [9.17, 15) is 0 Å². The Morgan fingerprint density at radius 3 is 2.83 bits per heavy atom. The summed E-state index contributed by atoms with van der Waals surface area (Å²) in [7, 11) is 0. The van der Waals surface area contributed by atoms with Gasteiger partial charge in [0.05, 0.1) is 0 Å². The van der Waals surface area contributed by atoms with E-state index in [0.717, 1.165) is 0 Å². The van der Waals surface area contributed by atoms with E-state index in [1.54, 1.807) is 0 Å². The Morgan fingerprint density at radius 2 is 2.67 bits per heavy atom. The highest BCUT2D eigenvalue weighted by atomic mass is 16.2. The maximum absolute atomic E-state index is 5.05. The number of nitrogen functional groups attached to an aromatic ring is 1. The zero-order valence-electron chi connectivity index (χ0n) is 3.05. The number of aromatic amines is 1. The highest BCUT2D eigenvalue weighted by molar-refractivity contribution is 5.07. The number of hydrogen-bond donors (Lipinski definition) is 2. The fraction of sp³-hybridized carbons (Fsp3) is 0. The number of nitrogens with zero attached hydrogens (tertiary/aromatic N) is 2. The van der Waals surface area contributed by atoms with Crippen LogP contribution in [-0.4, -0.2) is 15.2 Å². The monoisotopic (exact) mass is 89.0 g/mol. The van der Waals surface area contributed by atoms with Gasteiger partial charge in [0.2, 0.25) is 5.95 Å². The van der Waals surface area contributed by atoms with Gasteiger partial charge in [0.1, 0.15) is 6.33 Å². The molecular formula is C2H4N4. The Balaban J connectivity index is 3.05. The van der Waals surface area contributed by atoms with Crippen molar-refractivity contribution in [1.29, 1.82) is 0 Å². The van der Waals surface area contributed by atoms with Crippen molar-refractivity contribution < 1.29 is 0 Å². The molecule has 0 fully saturated rings. The van der Waals surface area contributed by atoms with Gasteiger partial charge in [-0.1, -0.05) is 0 Å². The minimum atomic E-state index is 0.356. The van der Waals surface area contributed by atoms with Crippen LogP contribution in [0.25, 0.3) is 0 Å². The lowest BCUT2D eigenvalue weighted by Gasteiger charge is -1.68. The molecule has 0 spiro atoms. The summed E-state index contributed by atoms with van der Waals surface area (Å²) in [6, 6.07) is 0. The van der Waals surface area contributed by atoms with Crippen molar-refractivity contribution in [1.82, 2.24) is 15.2 Å². The van der Waals surface area contributed by atoms with Gasteiger partial charge in [-0.15, -0.1) is 0 Å². The summed E-state index contributed by atoms with van der Waals surface area (Å²) < 4.78 is 0. The maximum atomic E-state index is 5.05. The molecule has 3 N–H and O–H groups in total. The summed E-state index contributed by atoms with van der Waals surface area (Å²) in [6.45, 7) is 0. The van der Waals surface area contributed by atoms with Crippen molar-refractivity contribution in [2.75, 3.05) is 5.73 Å². The molecule has 1 heterocycles. The topological polar surface area (TPSA) is 67.6 Å². The zero-order chi connectivity index (χ0) is 4.41. The first kappa shape index (κ1) is 3.14. The molecule has 1 aromatic rings. The molecule has 0 aliphatic rings. The van der Waals surface area contributed by atoms with Crippen molar-refractivity contribution in [2.24, 2.45) is 0 Å². The molecule has 32 valence electrons. The van der Waals surface area contributed by atoms with Crippen LogP contribution in [0.3, 0.4) is 0 Å². The van der Waals surface area contributed by atoms with Crippen LogP contribution in [0.4, 0.5) is 5.95 Å². The second-order valence-corrected chi connectivity index (χ2v) is 0.871. The van der Waals surface area contributed by atoms with Crippen LogP contribution in [0, 0.1) is 0 Å². The summed E-state index contributed by atoms with van der Waals surface area (Å²) >= 11 is 0. The summed E-state index contributed by atoms with van der Waals surface area (Å²) in [6.07, 6.45) is 1.36. The molecule has 0 aromatic carbocycles. The van der Waals surface area contributed by atoms with E-state index in [1.807, 2.05) is 0 Å². The van der Waals surface area contributed by atoms with Crippen LogP contribution >= 0.6 is 0 Å². The summed E-state index contributed by atoms with van der Waals surface area (Å²) in [4.78, 5) is 3.53. The van der Waals surface area contributed by atoms with E-state index in [1.165, 1.54) is 6.33 Å². The lowest BCUT2D eigenvalue weighted by Crippen LogP contribution is -1.84. The average Bonchev–Trinajstić information content (AvgIpc) is 1.86. The van der Waals surface area contributed by atoms with E-state index in [-0.39, 0.29) is 0 Å². The fourth-order valence-electron chi connectivity index (χ4n) is 0.215. The predicted molar refractivity (Wildman–Crippen MR) is 20.8 cm³/mol. The van der Waals surface area contributed by atoms with Crippen LogP contribution in [-0.2, 0) is 0 Å². The van der Waals surface area contributed by atoms with E-state index in [4.69, 9.17) is 5.73 Å². The van der Waals surface area contributed by atoms with Crippen LogP contribution in [0.1, 0.15) is 0 Å². The number of nitrogens with two attached hydrogens (primary N) is 1. The number of anilines is 1. The SMILES string of the molecule is N[13c]1[15n][13cH][15n][15nH]1. The van der Waals surface area contributed by atoms with Crippen molar-refractivity contribution in [2.45, 2.75) is 0 Å². The van der Waals surface area contributed by atoms with Crippen molar-refractivity contribution in [3.05, 3.63) is 6.33 Å². The van der Waals surface area contributed by atoms with Crippen molar-refractivity contribution in [3.63, 3.8) is 0 Å². The largest absolute Gasteiger partial charge is 0.368 e. The number of nitrogens with one attached hydrogen (secondary N) is 1. The third-order valence-electron chi connectivity index (χ3n) is 0.434. The molecule has 0 aliphatic carbocycles. The van der Waals surface area contributed by atoms with Gasteiger partial charge in [-0.2, -0.15) is 5.10 Å². The first-order valence-electron chi connectivity index (χ1n) is 1.50. The third kappa shape index (κ3) is 0.314. The molecule has 0 atom stereocenters. The zero-order valence-corrected chi connectivity index (χ0v) is 3.05. The van der Waals surface area contributed by atoms with Gasteiger partial charge in [-0.3, -0.25) is 0 Å². The number of rotatable bonds is 0. The van der Waals surface area contributed by atoms with E-state index in [0.29, 0.717) is 5.95 Å². The molecule has 0 saturated carbocycles. The number of H-pyrrole nitrogens is 1. The van der Waals surface area contributed by atoms with Crippen LogP contribution < -0.4 is 5.73 Å². The highest BCUT2D eigenvalue weighted by Crippen LogP contribution is 1.76. The predicted octanol–water partition coefficient (Wildman–Crippen LogP) is -0.613. The van der Waals surface area contributed by atoms with Gasteiger partial charge < -0.3 is 5.73 Å². The van der Waals surface area contributed by atoms with Crippen molar-refractivity contribution >= 4 is 5.95 Å². The molecule has 0 radical (unpaired) electrons. The molecule has 0 amide bonds. The van der Waals surface area contributed by atoms with Gasteiger partial charge >= 0.3 is 0 Å². The Bertz CT molecular complexity index is 109.